The average Bonchev–Trinajstić information content (AvgIpc) is 3.34. The zero-order valence-electron chi connectivity index (χ0n) is 21.2. The van der Waals surface area contributed by atoms with Crippen LogP contribution in [-0.2, 0) is 4.79 Å². The summed E-state index contributed by atoms with van der Waals surface area (Å²) >= 11 is 0. The Balaban J connectivity index is 1.62. The topological polar surface area (TPSA) is 146 Å². The summed E-state index contributed by atoms with van der Waals surface area (Å²) < 4.78 is 52.1. The van der Waals surface area contributed by atoms with Crippen LogP contribution in [0.1, 0.15) is 16.8 Å². The van der Waals surface area contributed by atoms with E-state index in [1.165, 1.54) is 43.4 Å². The summed E-state index contributed by atoms with van der Waals surface area (Å²) in [7, 11) is 2.75. The molecule has 0 radical (unpaired) electrons. The van der Waals surface area contributed by atoms with Crippen LogP contribution in [0, 0.1) is 0 Å². The molecule has 11 nitrogen and oxygen atoms in total. The van der Waals surface area contributed by atoms with Crippen molar-refractivity contribution in [3.63, 3.8) is 0 Å². The lowest BCUT2D eigenvalue weighted by Crippen LogP contribution is -2.29. The van der Waals surface area contributed by atoms with Crippen molar-refractivity contribution < 1.29 is 32.2 Å². The van der Waals surface area contributed by atoms with Gasteiger partial charge in [-0.3, -0.25) is 9.59 Å². The van der Waals surface area contributed by atoms with Crippen LogP contribution in [0.15, 0.2) is 55.1 Å². The molecule has 1 atom stereocenters. The minimum absolute atomic E-state index is 0.0586. The highest BCUT2D eigenvalue weighted by Crippen LogP contribution is 2.43. The molecule has 5 rings (SSSR count). The number of nitrogens with zero attached hydrogens (tertiary/aromatic N) is 4. The summed E-state index contributed by atoms with van der Waals surface area (Å²) in [5.74, 6) is -5.30. The molecule has 2 amide bonds. The first-order valence-electron chi connectivity index (χ1n) is 11.7. The highest BCUT2D eigenvalue weighted by Gasteiger charge is 2.58. The van der Waals surface area contributed by atoms with Gasteiger partial charge in [0.25, 0.3) is 17.7 Å². The predicted octanol–water partition coefficient (Wildman–Crippen LogP) is 3.62. The van der Waals surface area contributed by atoms with Gasteiger partial charge in [0, 0.05) is 29.3 Å². The van der Waals surface area contributed by atoms with E-state index in [0.717, 1.165) is 0 Å². The van der Waals surface area contributed by atoms with Gasteiger partial charge >= 0.3 is 0 Å². The fourth-order valence-electron chi connectivity index (χ4n) is 4.18. The van der Waals surface area contributed by atoms with Crippen molar-refractivity contribution in [2.24, 2.45) is 0 Å². The van der Waals surface area contributed by atoms with Gasteiger partial charge in [0.15, 0.2) is 11.6 Å². The number of nitrogens with two attached hydrogens (primary N) is 1. The van der Waals surface area contributed by atoms with E-state index in [2.05, 4.69) is 32.4 Å². The van der Waals surface area contributed by atoms with Gasteiger partial charge in [-0.05, 0) is 29.8 Å². The summed E-state index contributed by atoms with van der Waals surface area (Å²) in [5, 5.41) is 13.4. The quantitative estimate of drug-likeness (QED) is 0.281. The lowest BCUT2D eigenvalue weighted by molar-refractivity contribution is -0.114. The fourth-order valence-corrected chi connectivity index (χ4v) is 4.18. The average molecular weight is 554 g/mol. The zero-order valence-corrected chi connectivity index (χ0v) is 21.2. The van der Waals surface area contributed by atoms with Gasteiger partial charge < -0.3 is 25.8 Å². The third-order valence-electron chi connectivity index (χ3n) is 6.30. The van der Waals surface area contributed by atoms with E-state index in [9.17, 15) is 22.8 Å². The molecule has 1 aliphatic carbocycles. The molecule has 14 heteroatoms. The Morgan fingerprint density at radius 2 is 1.88 bits per heavy atom. The van der Waals surface area contributed by atoms with Crippen LogP contribution < -0.4 is 25.8 Å². The number of carbonyl (C=O) groups excluding carboxylic acids is 2. The molecule has 1 aliphatic rings. The van der Waals surface area contributed by atoms with E-state index >= 15 is 0 Å². The van der Waals surface area contributed by atoms with Crippen LogP contribution in [0.4, 0.5) is 24.7 Å². The number of nitrogen functional groups attached to an aromatic ring is 1. The first-order chi connectivity index (χ1) is 19.0. The van der Waals surface area contributed by atoms with E-state index in [1.54, 1.807) is 18.2 Å². The third kappa shape index (κ3) is 4.74. The van der Waals surface area contributed by atoms with Crippen molar-refractivity contribution in [3.05, 3.63) is 60.7 Å². The SMILES string of the molecule is C=C(F)C(=O)Nc1ccc(-c2nn3ncnc(N)c3c2-c2ccc(C(=O)NC3CC3(F)F)c(OC)c2)c(OC)c1. The molecule has 4 N–H and O–H groups in total. The Labute approximate surface area is 224 Å². The summed E-state index contributed by atoms with van der Waals surface area (Å²) in [6.07, 6.45) is 0.807. The third-order valence-corrected chi connectivity index (χ3v) is 6.30. The molecule has 0 aliphatic heterocycles. The number of ether oxygens (including phenoxy) is 2. The Kier molecular flexibility index (Phi) is 6.53. The molecular weight excluding hydrogens is 531 g/mol. The van der Waals surface area contributed by atoms with Gasteiger partial charge in [-0.2, -0.15) is 0 Å². The Morgan fingerprint density at radius 3 is 2.52 bits per heavy atom. The van der Waals surface area contributed by atoms with E-state index in [-0.39, 0.29) is 28.6 Å². The first kappa shape index (κ1) is 26.5. The van der Waals surface area contributed by atoms with E-state index < -0.39 is 36.0 Å². The molecule has 2 heterocycles. The number of aromatic nitrogens is 4. The summed E-state index contributed by atoms with van der Waals surface area (Å²) in [4.78, 5) is 28.5. The monoisotopic (exact) mass is 553 g/mol. The smallest absolute Gasteiger partial charge is 0.283 e. The molecular formula is C26H22F3N7O4. The van der Waals surface area contributed by atoms with Crippen molar-refractivity contribution in [3.8, 4) is 33.9 Å². The number of benzene rings is 2. The van der Waals surface area contributed by atoms with E-state index in [1.807, 2.05) is 0 Å². The summed E-state index contributed by atoms with van der Waals surface area (Å²) in [5.41, 5.74) is 8.57. The minimum atomic E-state index is -2.93. The van der Waals surface area contributed by atoms with Crippen LogP contribution >= 0.6 is 0 Å². The number of methoxy groups -OCH3 is 2. The van der Waals surface area contributed by atoms with Crippen LogP contribution in [0.3, 0.4) is 0 Å². The number of rotatable bonds is 8. The van der Waals surface area contributed by atoms with Crippen molar-refractivity contribution in [1.29, 1.82) is 0 Å². The lowest BCUT2D eigenvalue weighted by atomic mass is 9.97. The number of nitrogens with one attached hydrogen (secondary N) is 2. The van der Waals surface area contributed by atoms with Crippen molar-refractivity contribution in [2.45, 2.75) is 18.4 Å². The molecule has 0 saturated heterocycles. The lowest BCUT2D eigenvalue weighted by Gasteiger charge is -2.13. The fraction of sp³-hybridized carbons (Fsp3) is 0.192. The Bertz CT molecular complexity index is 1690. The molecule has 2 aromatic carbocycles. The molecule has 2 aromatic heterocycles. The second-order valence-electron chi connectivity index (χ2n) is 8.89. The molecule has 0 spiro atoms. The zero-order chi connectivity index (χ0) is 28.8. The number of amides is 2. The number of alkyl halides is 2. The minimum Gasteiger partial charge on any atom is -0.496 e. The molecule has 1 saturated carbocycles. The van der Waals surface area contributed by atoms with Gasteiger partial charge in [-0.1, -0.05) is 12.6 Å². The highest BCUT2D eigenvalue weighted by molar-refractivity contribution is 6.03. The van der Waals surface area contributed by atoms with Crippen LogP contribution in [0.5, 0.6) is 11.5 Å². The number of carbonyl (C=O) groups is 2. The van der Waals surface area contributed by atoms with Crippen LogP contribution in [0.25, 0.3) is 27.9 Å². The van der Waals surface area contributed by atoms with Gasteiger partial charge in [-0.15, -0.1) is 14.8 Å². The van der Waals surface area contributed by atoms with Crippen LogP contribution in [-0.4, -0.2) is 57.8 Å². The second-order valence-corrected chi connectivity index (χ2v) is 8.89. The van der Waals surface area contributed by atoms with Crippen molar-refractivity contribution >= 4 is 28.8 Å². The number of hydrogen-bond acceptors (Lipinski definition) is 8. The summed E-state index contributed by atoms with van der Waals surface area (Å²) in [6, 6.07) is 7.93. The molecule has 1 fully saturated rings. The maximum absolute atomic E-state index is 13.4. The van der Waals surface area contributed by atoms with Gasteiger partial charge in [0.1, 0.15) is 29.0 Å². The maximum atomic E-state index is 13.4. The molecule has 0 bridgehead atoms. The maximum Gasteiger partial charge on any atom is 0.283 e. The van der Waals surface area contributed by atoms with E-state index in [4.69, 9.17) is 15.2 Å². The van der Waals surface area contributed by atoms with Crippen molar-refractivity contribution in [1.82, 2.24) is 25.1 Å². The standard InChI is InChI=1S/C26H22F3N7O4/c1-12(27)24(37)33-14-5-7-15(18(9-14)40-3)21-20(22-23(30)31-11-32-36(22)35-21)13-4-6-16(17(8-13)39-2)25(38)34-19-10-26(19,28)29/h4-9,11,19H,1,10H2,2-3H3,(H,33,37)(H,34,38)(H2,30,31,32). The number of hydrogen-bond donors (Lipinski definition) is 3. The van der Waals surface area contributed by atoms with Crippen molar-refractivity contribution in [2.75, 3.05) is 25.3 Å². The number of anilines is 2. The van der Waals surface area contributed by atoms with Gasteiger partial charge in [0.2, 0.25) is 0 Å². The number of fused-ring (bicyclic) bond motifs is 1. The van der Waals surface area contributed by atoms with Gasteiger partial charge in [0.05, 0.1) is 25.8 Å². The van der Waals surface area contributed by atoms with E-state index in [0.29, 0.717) is 27.9 Å². The van der Waals surface area contributed by atoms with Crippen LogP contribution in [0.2, 0.25) is 0 Å². The second kappa shape index (κ2) is 9.87. The first-order valence-corrected chi connectivity index (χ1v) is 11.7. The Hall–Kier alpha value is -5.14. The molecule has 40 heavy (non-hydrogen) atoms. The number of halogens is 3. The normalized spacial score (nSPS) is 15.4. The van der Waals surface area contributed by atoms with Gasteiger partial charge in [-0.25, -0.2) is 18.2 Å². The molecule has 206 valence electrons. The summed E-state index contributed by atoms with van der Waals surface area (Å²) in [6.45, 7) is 2.98. The predicted molar refractivity (Wildman–Crippen MR) is 139 cm³/mol. The largest absolute Gasteiger partial charge is 0.496 e. The Morgan fingerprint density at radius 1 is 1.15 bits per heavy atom. The molecule has 1 unspecified atom stereocenters. The molecule has 4 aromatic rings. The highest BCUT2D eigenvalue weighted by atomic mass is 19.3.